The summed E-state index contributed by atoms with van der Waals surface area (Å²) in [5.41, 5.74) is 18.3. The molecule has 4 atom stereocenters. The molecule has 0 aliphatic rings. The molecule has 13 nitrogen and oxygen atoms in total. The number of carboxylic acid groups (broad SMARTS) is 1. The van der Waals surface area contributed by atoms with Crippen molar-refractivity contribution in [3.63, 3.8) is 0 Å². The van der Waals surface area contributed by atoms with E-state index in [0.717, 1.165) is 16.5 Å². The number of aromatic amines is 1. The lowest BCUT2D eigenvalue weighted by molar-refractivity contribution is -0.142. The first-order valence-corrected chi connectivity index (χ1v) is 15.3. The molecule has 2 aromatic rings. The van der Waals surface area contributed by atoms with Gasteiger partial charge in [0.25, 0.3) is 0 Å². The normalized spacial score (nSPS) is 14.0. The fraction of sp³-hybridized carbons (Fsp3) is 0.536. The van der Waals surface area contributed by atoms with Crippen molar-refractivity contribution in [3.05, 3.63) is 36.0 Å². The van der Waals surface area contributed by atoms with Gasteiger partial charge in [0.05, 0.1) is 6.04 Å². The number of benzene rings is 1. The molecule has 14 heteroatoms. The zero-order chi connectivity index (χ0) is 31.2. The Morgan fingerprint density at radius 2 is 1.62 bits per heavy atom. The number of hydrogen-bond donors (Lipinski definition) is 8. The summed E-state index contributed by atoms with van der Waals surface area (Å²) in [4.78, 5) is 58.5. The third-order valence-corrected chi connectivity index (χ3v) is 7.25. The summed E-state index contributed by atoms with van der Waals surface area (Å²) >= 11 is 1.49. The molecule has 0 aliphatic carbocycles. The fourth-order valence-electron chi connectivity index (χ4n) is 4.40. The van der Waals surface area contributed by atoms with Crippen LogP contribution in [0.2, 0.25) is 0 Å². The highest BCUT2D eigenvalue weighted by Crippen LogP contribution is 2.19. The molecule has 1 aromatic carbocycles. The number of nitrogens with one attached hydrogen (secondary N) is 4. The molecule has 0 fully saturated rings. The molecule has 1 heterocycles. The molecule has 232 valence electrons. The second-order valence-electron chi connectivity index (χ2n) is 10.6. The van der Waals surface area contributed by atoms with Gasteiger partial charge in [-0.15, -0.1) is 0 Å². The number of carbonyl (C=O) groups is 4. The lowest BCUT2D eigenvalue weighted by atomic mass is 10.0. The number of aliphatic imine (C=N–C) groups is 1. The average Bonchev–Trinajstić information content (AvgIpc) is 3.34. The first-order chi connectivity index (χ1) is 19.9. The van der Waals surface area contributed by atoms with Crippen molar-refractivity contribution in [2.45, 2.75) is 70.1 Å². The molecule has 2 rings (SSSR count). The van der Waals surface area contributed by atoms with Crippen LogP contribution in [0, 0.1) is 5.92 Å². The van der Waals surface area contributed by atoms with Crippen LogP contribution in [0.5, 0.6) is 0 Å². The molecule has 0 aliphatic heterocycles. The predicted molar refractivity (Wildman–Crippen MR) is 166 cm³/mol. The van der Waals surface area contributed by atoms with Crippen molar-refractivity contribution in [1.29, 1.82) is 0 Å². The van der Waals surface area contributed by atoms with Crippen LogP contribution in [-0.2, 0) is 25.6 Å². The van der Waals surface area contributed by atoms with Crippen LogP contribution in [0.15, 0.2) is 35.5 Å². The first-order valence-electron chi connectivity index (χ1n) is 13.9. The maximum absolute atomic E-state index is 13.4. The quantitative estimate of drug-likeness (QED) is 0.0669. The summed E-state index contributed by atoms with van der Waals surface area (Å²) in [7, 11) is 0. The van der Waals surface area contributed by atoms with Gasteiger partial charge in [0.1, 0.15) is 18.1 Å². The fourth-order valence-corrected chi connectivity index (χ4v) is 4.87. The van der Waals surface area contributed by atoms with E-state index >= 15 is 0 Å². The number of H-pyrrole nitrogens is 1. The molecule has 1 aromatic heterocycles. The van der Waals surface area contributed by atoms with E-state index in [4.69, 9.17) is 17.2 Å². The van der Waals surface area contributed by atoms with Crippen LogP contribution in [0.1, 0.15) is 45.1 Å². The summed E-state index contributed by atoms with van der Waals surface area (Å²) in [6.45, 7) is 4.13. The Hall–Kier alpha value is -3.78. The van der Waals surface area contributed by atoms with Crippen LogP contribution in [0.3, 0.4) is 0 Å². The van der Waals surface area contributed by atoms with Crippen molar-refractivity contribution in [3.8, 4) is 0 Å². The van der Waals surface area contributed by atoms with Crippen LogP contribution < -0.4 is 33.2 Å². The zero-order valence-electron chi connectivity index (χ0n) is 24.4. The number of nitrogens with two attached hydrogens (primary N) is 3. The van der Waals surface area contributed by atoms with Crippen molar-refractivity contribution in [2.24, 2.45) is 28.1 Å². The van der Waals surface area contributed by atoms with Gasteiger partial charge in [-0.2, -0.15) is 11.8 Å². The Bertz CT molecular complexity index is 1230. The Kier molecular flexibility index (Phi) is 14.1. The van der Waals surface area contributed by atoms with Crippen LogP contribution in [0.25, 0.3) is 10.9 Å². The number of rotatable bonds is 18. The van der Waals surface area contributed by atoms with Crippen molar-refractivity contribution >= 4 is 52.3 Å². The number of para-hydroxylation sites is 1. The van der Waals surface area contributed by atoms with E-state index in [9.17, 15) is 24.3 Å². The molecule has 4 unspecified atom stereocenters. The molecular weight excluding hydrogens is 560 g/mol. The molecule has 0 saturated carbocycles. The molecule has 0 bridgehead atoms. The van der Waals surface area contributed by atoms with Gasteiger partial charge in [-0.3, -0.25) is 19.4 Å². The van der Waals surface area contributed by atoms with Crippen LogP contribution in [-0.4, -0.2) is 82.5 Å². The molecule has 0 saturated heterocycles. The van der Waals surface area contributed by atoms with E-state index in [1.807, 2.05) is 44.4 Å². The number of nitrogens with zero attached hydrogens (tertiary/aromatic N) is 1. The summed E-state index contributed by atoms with van der Waals surface area (Å²) < 4.78 is 0. The number of carboxylic acids is 1. The SMILES string of the molecule is CSCCC(NC(=O)C(CC(C)C)NC(=O)C(N)CCCN=C(N)N)C(=O)NC(Cc1c[nH]c2ccccc12)C(=O)O. The second-order valence-corrected chi connectivity index (χ2v) is 11.5. The Morgan fingerprint density at radius 3 is 2.26 bits per heavy atom. The Morgan fingerprint density at radius 1 is 0.976 bits per heavy atom. The van der Waals surface area contributed by atoms with Gasteiger partial charge in [-0.05, 0) is 55.2 Å². The number of fused-ring (bicyclic) bond motifs is 1. The van der Waals surface area contributed by atoms with Gasteiger partial charge in [-0.25, -0.2) is 4.79 Å². The minimum atomic E-state index is -1.21. The van der Waals surface area contributed by atoms with Gasteiger partial charge < -0.3 is 43.2 Å². The third kappa shape index (κ3) is 11.2. The minimum absolute atomic E-state index is 0.0465. The zero-order valence-corrected chi connectivity index (χ0v) is 25.2. The average molecular weight is 605 g/mol. The van der Waals surface area contributed by atoms with E-state index in [2.05, 4.69) is 25.9 Å². The lowest BCUT2D eigenvalue weighted by Gasteiger charge is -2.26. The number of hydrogen-bond acceptors (Lipinski definition) is 7. The minimum Gasteiger partial charge on any atom is -0.480 e. The number of carbonyl (C=O) groups excluding carboxylic acids is 3. The first kappa shape index (κ1) is 34.4. The van der Waals surface area contributed by atoms with Crippen molar-refractivity contribution < 1.29 is 24.3 Å². The van der Waals surface area contributed by atoms with Gasteiger partial charge in [-0.1, -0.05) is 32.0 Å². The highest BCUT2D eigenvalue weighted by Gasteiger charge is 2.31. The molecule has 3 amide bonds. The van der Waals surface area contributed by atoms with Crippen molar-refractivity contribution in [2.75, 3.05) is 18.6 Å². The van der Waals surface area contributed by atoms with Gasteiger partial charge in [0.15, 0.2) is 5.96 Å². The monoisotopic (exact) mass is 604 g/mol. The number of aromatic nitrogens is 1. The maximum Gasteiger partial charge on any atom is 0.326 e. The Balaban J connectivity index is 2.11. The lowest BCUT2D eigenvalue weighted by Crippen LogP contribution is -2.57. The number of guanidine groups is 1. The summed E-state index contributed by atoms with van der Waals surface area (Å²) in [5.74, 6) is -2.32. The van der Waals surface area contributed by atoms with Crippen molar-refractivity contribution in [1.82, 2.24) is 20.9 Å². The van der Waals surface area contributed by atoms with Crippen LogP contribution >= 0.6 is 11.8 Å². The van der Waals surface area contributed by atoms with E-state index in [-0.39, 0.29) is 24.7 Å². The molecule has 0 radical (unpaired) electrons. The smallest absolute Gasteiger partial charge is 0.326 e. The standard InChI is InChI=1S/C28H44N8O5S/c1-16(2)13-22(35-24(37)19(29)8-6-11-32-28(30)31)26(39)34-21(10-12-42-3)25(38)36-23(27(40)41)14-17-15-33-20-9-5-4-7-18(17)20/h4-5,7,9,15-16,19,21-23,33H,6,8,10-14,29H2,1-3H3,(H,34,39)(H,35,37)(H,36,38)(H,40,41)(H4,30,31,32). The number of aliphatic carboxylic acids is 1. The van der Waals surface area contributed by atoms with E-state index in [0.29, 0.717) is 31.6 Å². The predicted octanol–water partition coefficient (Wildman–Crippen LogP) is 0.430. The largest absolute Gasteiger partial charge is 0.480 e. The maximum atomic E-state index is 13.4. The highest BCUT2D eigenvalue weighted by atomic mass is 32.2. The van der Waals surface area contributed by atoms with Crippen LogP contribution in [0.4, 0.5) is 0 Å². The van der Waals surface area contributed by atoms with E-state index in [1.165, 1.54) is 11.8 Å². The second kappa shape index (κ2) is 17.2. The molecular formula is C28H44N8O5S. The molecule has 0 spiro atoms. The van der Waals surface area contributed by atoms with E-state index in [1.54, 1.807) is 6.20 Å². The molecule has 42 heavy (non-hydrogen) atoms. The summed E-state index contributed by atoms with van der Waals surface area (Å²) in [5, 5.41) is 18.8. The summed E-state index contributed by atoms with van der Waals surface area (Å²) in [6.07, 6.45) is 5.02. The van der Waals surface area contributed by atoms with Gasteiger partial charge >= 0.3 is 5.97 Å². The number of amides is 3. The number of thioether (sulfide) groups is 1. The summed E-state index contributed by atoms with van der Waals surface area (Å²) in [6, 6.07) is 3.45. The van der Waals surface area contributed by atoms with Gasteiger partial charge in [0, 0.05) is 30.1 Å². The van der Waals surface area contributed by atoms with Gasteiger partial charge in [0.2, 0.25) is 17.7 Å². The third-order valence-electron chi connectivity index (χ3n) is 6.60. The van der Waals surface area contributed by atoms with E-state index < -0.39 is 47.9 Å². The highest BCUT2D eigenvalue weighted by molar-refractivity contribution is 7.98. The topological polar surface area (TPSA) is 231 Å². The molecule has 11 N–H and O–H groups in total. The Labute approximate surface area is 250 Å².